The van der Waals surface area contributed by atoms with Crippen LogP contribution in [0, 0.1) is 0 Å². The summed E-state index contributed by atoms with van der Waals surface area (Å²) < 4.78 is 43.4. The first-order chi connectivity index (χ1) is 12.6. The maximum Gasteiger partial charge on any atom is 0.416 e. The molecule has 0 saturated heterocycles. The van der Waals surface area contributed by atoms with Crippen molar-refractivity contribution in [1.82, 2.24) is 9.99 Å². The molecule has 0 aliphatic rings. The number of methoxy groups -OCH3 is 1. The Morgan fingerprint density at radius 3 is 2.33 bits per heavy atom. The molecule has 1 aromatic carbocycles. The number of hydrogen-bond acceptors (Lipinski definition) is 5. The van der Waals surface area contributed by atoms with Crippen LogP contribution >= 0.6 is 12.2 Å². The molecule has 0 radical (unpaired) electrons. The number of aromatic nitrogens is 1. The lowest BCUT2D eigenvalue weighted by Crippen LogP contribution is -2.44. The molecule has 2 N–H and O–H groups in total. The molecular formula is C16H12F3N3O4S. The highest BCUT2D eigenvalue weighted by Crippen LogP contribution is 2.28. The van der Waals surface area contributed by atoms with Gasteiger partial charge in [-0.05, 0) is 30.4 Å². The molecule has 7 nitrogen and oxygen atoms in total. The van der Waals surface area contributed by atoms with Crippen LogP contribution in [0.15, 0.2) is 47.3 Å². The van der Waals surface area contributed by atoms with Crippen molar-refractivity contribution in [2.75, 3.05) is 12.5 Å². The number of pyridine rings is 1. The first kappa shape index (κ1) is 20.1. The average molecular weight is 399 g/mol. The van der Waals surface area contributed by atoms with Crippen molar-refractivity contribution in [3.63, 3.8) is 0 Å². The summed E-state index contributed by atoms with van der Waals surface area (Å²) in [6, 6.07) is 8.63. The quantitative estimate of drug-likeness (QED) is 0.606. The summed E-state index contributed by atoms with van der Waals surface area (Å²) in [5.74, 6) is -1.82. The summed E-state index contributed by atoms with van der Waals surface area (Å²) in [5, 5.41) is 1.84. The molecule has 0 bridgehead atoms. The Kier molecular flexibility index (Phi) is 5.95. The minimum atomic E-state index is -4.84. The van der Waals surface area contributed by atoms with Gasteiger partial charge in [-0.3, -0.25) is 20.3 Å². The summed E-state index contributed by atoms with van der Waals surface area (Å²) in [6.45, 7) is 0. The van der Waals surface area contributed by atoms with Crippen LogP contribution in [0.25, 0.3) is 0 Å². The van der Waals surface area contributed by atoms with Gasteiger partial charge in [-0.15, -0.1) is 0 Å². The van der Waals surface area contributed by atoms with Gasteiger partial charge in [0.2, 0.25) is 0 Å². The predicted octanol–water partition coefficient (Wildman–Crippen LogP) is 1.91. The van der Waals surface area contributed by atoms with Crippen LogP contribution in [0.5, 0.6) is 0 Å². The molecule has 0 saturated carbocycles. The van der Waals surface area contributed by atoms with Crippen molar-refractivity contribution in [3.05, 3.63) is 69.6 Å². The van der Waals surface area contributed by atoms with Gasteiger partial charge in [0.1, 0.15) is 0 Å². The normalized spacial score (nSPS) is 10.8. The van der Waals surface area contributed by atoms with Gasteiger partial charge in [0.05, 0.1) is 12.7 Å². The summed E-state index contributed by atoms with van der Waals surface area (Å²) >= 11 is 4.88. The smallest absolute Gasteiger partial charge is 0.416 e. The van der Waals surface area contributed by atoms with Crippen molar-refractivity contribution >= 4 is 29.2 Å². The summed E-state index contributed by atoms with van der Waals surface area (Å²) in [7, 11) is 0.937. The number of rotatable bonds is 3. The van der Waals surface area contributed by atoms with E-state index in [4.69, 9.17) is 12.2 Å². The molecule has 0 aliphatic carbocycles. The summed E-state index contributed by atoms with van der Waals surface area (Å²) in [4.78, 5) is 35.8. The van der Waals surface area contributed by atoms with Crippen LogP contribution < -0.4 is 16.3 Å². The van der Waals surface area contributed by atoms with E-state index in [0.717, 1.165) is 7.11 Å². The van der Waals surface area contributed by atoms with E-state index < -0.39 is 40.0 Å². The van der Waals surface area contributed by atoms with Crippen molar-refractivity contribution in [1.29, 1.82) is 0 Å². The van der Waals surface area contributed by atoms with E-state index in [1.54, 1.807) is 18.2 Å². The molecule has 0 unspecified atom stereocenters. The number of esters is 1. The number of ether oxygens (including phenoxy) is 1. The molecule has 2 rings (SSSR count). The third kappa shape index (κ3) is 4.91. The highest BCUT2D eigenvalue weighted by molar-refractivity contribution is 7.80. The SMILES string of the molecule is COC(=O)c1cc(C(F)(F)F)cc(=O)n1NC(=S)NC(=O)c1ccccc1. The Morgan fingerprint density at radius 2 is 1.78 bits per heavy atom. The maximum atomic E-state index is 12.9. The van der Waals surface area contributed by atoms with Crippen molar-refractivity contribution in [2.45, 2.75) is 6.18 Å². The second-order valence-electron chi connectivity index (χ2n) is 5.05. The van der Waals surface area contributed by atoms with E-state index in [0.29, 0.717) is 10.7 Å². The second-order valence-corrected chi connectivity index (χ2v) is 5.46. The van der Waals surface area contributed by atoms with Crippen LogP contribution in [-0.4, -0.2) is 28.8 Å². The lowest BCUT2D eigenvalue weighted by atomic mass is 10.2. The van der Waals surface area contributed by atoms with Crippen molar-refractivity contribution < 1.29 is 27.5 Å². The van der Waals surface area contributed by atoms with Crippen LogP contribution in [0.1, 0.15) is 26.4 Å². The molecule has 0 fully saturated rings. The van der Waals surface area contributed by atoms with Crippen LogP contribution in [0.4, 0.5) is 13.2 Å². The zero-order chi connectivity index (χ0) is 20.2. The number of nitrogens with one attached hydrogen (secondary N) is 2. The van der Waals surface area contributed by atoms with Gasteiger partial charge in [0.15, 0.2) is 10.8 Å². The number of hydrogen-bond donors (Lipinski definition) is 2. The fraction of sp³-hybridized carbons (Fsp3) is 0.125. The first-order valence-corrected chi connectivity index (χ1v) is 7.64. The van der Waals surface area contributed by atoms with Gasteiger partial charge in [-0.2, -0.15) is 13.2 Å². The van der Waals surface area contributed by atoms with Crippen molar-refractivity contribution in [3.8, 4) is 0 Å². The Bertz CT molecular complexity index is 942. The number of carbonyl (C=O) groups excluding carboxylic acids is 2. The highest BCUT2D eigenvalue weighted by atomic mass is 32.1. The molecule has 0 aliphatic heterocycles. The van der Waals surface area contributed by atoms with Crippen LogP contribution in [-0.2, 0) is 10.9 Å². The molecular weight excluding hydrogens is 387 g/mol. The summed E-state index contributed by atoms with van der Waals surface area (Å²) in [6.07, 6.45) is -4.84. The molecule has 0 spiro atoms. The lowest BCUT2D eigenvalue weighted by Gasteiger charge is -2.16. The number of halogens is 3. The number of carbonyl (C=O) groups is 2. The highest BCUT2D eigenvalue weighted by Gasteiger charge is 2.33. The minimum Gasteiger partial charge on any atom is -0.464 e. The minimum absolute atomic E-state index is 0.259. The van der Waals surface area contributed by atoms with Crippen molar-refractivity contribution in [2.24, 2.45) is 0 Å². The predicted molar refractivity (Wildman–Crippen MR) is 92.9 cm³/mol. The number of nitrogens with zero attached hydrogens (tertiary/aromatic N) is 1. The van der Waals surface area contributed by atoms with E-state index in [-0.39, 0.29) is 11.6 Å². The monoisotopic (exact) mass is 399 g/mol. The third-order valence-corrected chi connectivity index (χ3v) is 3.42. The van der Waals surface area contributed by atoms with Gasteiger partial charge < -0.3 is 4.74 Å². The average Bonchev–Trinajstić information content (AvgIpc) is 2.62. The maximum absolute atomic E-state index is 12.9. The Balaban J connectivity index is 2.32. The standard InChI is InChI=1S/C16H12F3N3O4S/c1-26-14(25)11-7-10(16(17,18)19)8-12(23)22(11)21-15(27)20-13(24)9-5-3-2-4-6-9/h2-8H,1H3,(H2,20,21,24,27). The van der Waals surface area contributed by atoms with Gasteiger partial charge >= 0.3 is 12.1 Å². The number of alkyl halides is 3. The largest absolute Gasteiger partial charge is 0.464 e. The van der Waals surface area contributed by atoms with Crippen LogP contribution in [0.2, 0.25) is 0 Å². The van der Waals surface area contributed by atoms with E-state index in [9.17, 15) is 27.6 Å². The Morgan fingerprint density at radius 1 is 1.15 bits per heavy atom. The van der Waals surface area contributed by atoms with E-state index in [1.807, 2.05) is 0 Å². The molecule has 0 atom stereocenters. The zero-order valence-corrected chi connectivity index (χ0v) is 14.5. The number of thiocarbonyl (C=S) groups is 1. The molecule has 1 aromatic heterocycles. The number of benzene rings is 1. The second kappa shape index (κ2) is 7.99. The fourth-order valence-electron chi connectivity index (χ4n) is 2.00. The Hall–Kier alpha value is -3.21. The van der Waals surface area contributed by atoms with Gasteiger partial charge in [0.25, 0.3) is 11.5 Å². The third-order valence-electron chi connectivity index (χ3n) is 3.23. The lowest BCUT2D eigenvalue weighted by molar-refractivity contribution is -0.137. The zero-order valence-electron chi connectivity index (χ0n) is 13.7. The van der Waals surface area contributed by atoms with Gasteiger partial charge in [0, 0.05) is 11.6 Å². The first-order valence-electron chi connectivity index (χ1n) is 7.23. The number of amides is 1. The molecule has 1 heterocycles. The topological polar surface area (TPSA) is 89.4 Å². The van der Waals surface area contributed by atoms with E-state index in [2.05, 4.69) is 15.5 Å². The Labute approximate surface area is 155 Å². The van der Waals surface area contributed by atoms with E-state index in [1.165, 1.54) is 12.1 Å². The van der Waals surface area contributed by atoms with E-state index >= 15 is 0 Å². The van der Waals surface area contributed by atoms with Crippen LogP contribution in [0.3, 0.4) is 0 Å². The molecule has 142 valence electrons. The fourth-order valence-corrected chi connectivity index (χ4v) is 2.18. The molecule has 11 heteroatoms. The molecule has 1 amide bonds. The van der Waals surface area contributed by atoms with Gasteiger partial charge in [-0.1, -0.05) is 18.2 Å². The molecule has 2 aromatic rings. The van der Waals surface area contributed by atoms with Gasteiger partial charge in [-0.25, -0.2) is 9.47 Å². The molecule has 27 heavy (non-hydrogen) atoms. The summed E-state index contributed by atoms with van der Waals surface area (Å²) in [5.41, 5.74) is -0.824.